The van der Waals surface area contributed by atoms with Crippen LogP contribution in [0.15, 0.2) is 24.3 Å². The standard InChI is InChI=1S/C14H21FN2O/c1-17(11-6-8-18-9-7-11)10-14(16)12-4-2-3-5-13(12)15/h2-5,11,14H,6-10,16H2,1H3. The van der Waals surface area contributed by atoms with E-state index < -0.39 is 0 Å². The molecule has 1 saturated heterocycles. The molecule has 0 aliphatic carbocycles. The van der Waals surface area contributed by atoms with Gasteiger partial charge in [0.05, 0.1) is 0 Å². The first-order valence-corrected chi connectivity index (χ1v) is 6.46. The van der Waals surface area contributed by atoms with Gasteiger partial charge in [-0.25, -0.2) is 4.39 Å². The molecule has 3 nitrogen and oxygen atoms in total. The van der Waals surface area contributed by atoms with Crippen molar-refractivity contribution in [2.24, 2.45) is 5.73 Å². The van der Waals surface area contributed by atoms with E-state index in [4.69, 9.17) is 10.5 Å². The predicted octanol–water partition coefficient (Wildman–Crippen LogP) is 1.94. The normalized spacial score (nSPS) is 19.1. The summed E-state index contributed by atoms with van der Waals surface area (Å²) in [5, 5.41) is 0. The first-order chi connectivity index (χ1) is 8.68. The maximum atomic E-state index is 13.6. The summed E-state index contributed by atoms with van der Waals surface area (Å²) in [5.74, 6) is -0.217. The minimum absolute atomic E-state index is 0.217. The SMILES string of the molecule is CN(CC(N)c1ccccc1F)C1CCOCC1. The van der Waals surface area contributed by atoms with Crippen LogP contribution < -0.4 is 5.73 Å². The molecule has 1 aliphatic rings. The Morgan fingerprint density at radius 1 is 1.39 bits per heavy atom. The van der Waals surface area contributed by atoms with Gasteiger partial charge in [-0.2, -0.15) is 0 Å². The molecule has 1 aliphatic heterocycles. The van der Waals surface area contributed by atoms with Crippen molar-refractivity contribution in [3.63, 3.8) is 0 Å². The number of hydrogen-bond acceptors (Lipinski definition) is 3. The summed E-state index contributed by atoms with van der Waals surface area (Å²) >= 11 is 0. The van der Waals surface area contributed by atoms with Crippen LogP contribution in [-0.2, 0) is 4.74 Å². The zero-order chi connectivity index (χ0) is 13.0. The molecule has 1 heterocycles. The first kappa shape index (κ1) is 13.5. The molecule has 1 aromatic rings. The number of benzene rings is 1. The molecule has 0 bridgehead atoms. The number of nitrogens with two attached hydrogens (primary N) is 1. The van der Waals surface area contributed by atoms with Crippen molar-refractivity contribution >= 4 is 0 Å². The van der Waals surface area contributed by atoms with Crippen LogP contribution in [0.5, 0.6) is 0 Å². The molecule has 1 fully saturated rings. The third-order valence-electron chi connectivity index (χ3n) is 3.60. The summed E-state index contributed by atoms with van der Waals surface area (Å²) < 4.78 is 19.0. The van der Waals surface area contributed by atoms with E-state index in [-0.39, 0.29) is 11.9 Å². The molecule has 0 radical (unpaired) electrons. The minimum Gasteiger partial charge on any atom is -0.381 e. The topological polar surface area (TPSA) is 38.5 Å². The van der Waals surface area contributed by atoms with Crippen molar-refractivity contribution in [3.05, 3.63) is 35.6 Å². The fourth-order valence-electron chi connectivity index (χ4n) is 2.46. The molecule has 4 heteroatoms. The summed E-state index contributed by atoms with van der Waals surface area (Å²) in [4.78, 5) is 2.22. The van der Waals surface area contributed by atoms with Crippen LogP contribution in [0, 0.1) is 5.82 Å². The molecular weight excluding hydrogens is 231 g/mol. The number of halogens is 1. The Morgan fingerprint density at radius 2 is 2.06 bits per heavy atom. The lowest BCUT2D eigenvalue weighted by atomic mass is 10.0. The van der Waals surface area contributed by atoms with E-state index in [0.29, 0.717) is 18.2 Å². The maximum Gasteiger partial charge on any atom is 0.128 e. The smallest absolute Gasteiger partial charge is 0.128 e. The fourth-order valence-corrected chi connectivity index (χ4v) is 2.46. The van der Waals surface area contributed by atoms with Crippen molar-refractivity contribution in [2.45, 2.75) is 24.9 Å². The van der Waals surface area contributed by atoms with Gasteiger partial charge in [0.15, 0.2) is 0 Å². The fraction of sp³-hybridized carbons (Fsp3) is 0.571. The molecule has 18 heavy (non-hydrogen) atoms. The highest BCUT2D eigenvalue weighted by molar-refractivity contribution is 5.21. The monoisotopic (exact) mass is 252 g/mol. The highest BCUT2D eigenvalue weighted by Crippen LogP contribution is 2.19. The quantitative estimate of drug-likeness (QED) is 0.890. The van der Waals surface area contributed by atoms with Gasteiger partial charge in [0.25, 0.3) is 0 Å². The van der Waals surface area contributed by atoms with E-state index in [1.165, 1.54) is 6.07 Å². The van der Waals surface area contributed by atoms with E-state index in [2.05, 4.69) is 11.9 Å². The summed E-state index contributed by atoms with van der Waals surface area (Å²) in [5.41, 5.74) is 6.68. The minimum atomic E-state index is -0.279. The molecule has 0 amide bonds. The molecular formula is C14H21FN2O. The largest absolute Gasteiger partial charge is 0.381 e. The average molecular weight is 252 g/mol. The average Bonchev–Trinajstić information content (AvgIpc) is 2.40. The Morgan fingerprint density at radius 3 is 2.72 bits per heavy atom. The van der Waals surface area contributed by atoms with Crippen molar-refractivity contribution in [1.29, 1.82) is 0 Å². The van der Waals surface area contributed by atoms with Gasteiger partial charge in [0, 0.05) is 37.4 Å². The van der Waals surface area contributed by atoms with Gasteiger partial charge in [-0.15, -0.1) is 0 Å². The zero-order valence-electron chi connectivity index (χ0n) is 10.8. The van der Waals surface area contributed by atoms with E-state index in [9.17, 15) is 4.39 Å². The lowest BCUT2D eigenvalue weighted by Crippen LogP contribution is -2.40. The number of hydrogen-bond donors (Lipinski definition) is 1. The molecule has 2 rings (SSSR count). The number of likely N-dealkylation sites (N-methyl/N-ethyl adjacent to an activating group) is 1. The van der Waals surface area contributed by atoms with Gasteiger partial charge in [-0.05, 0) is 26.0 Å². The van der Waals surface area contributed by atoms with Crippen molar-refractivity contribution in [1.82, 2.24) is 4.90 Å². The Balaban J connectivity index is 1.94. The molecule has 1 atom stereocenters. The zero-order valence-corrected chi connectivity index (χ0v) is 10.8. The molecule has 100 valence electrons. The summed E-state index contributed by atoms with van der Waals surface area (Å²) in [6.07, 6.45) is 2.06. The van der Waals surface area contributed by atoms with Crippen LogP contribution in [0.1, 0.15) is 24.4 Å². The van der Waals surface area contributed by atoms with E-state index in [1.807, 2.05) is 6.07 Å². The van der Waals surface area contributed by atoms with Gasteiger partial charge in [-0.3, -0.25) is 0 Å². The molecule has 2 N–H and O–H groups in total. The third-order valence-corrected chi connectivity index (χ3v) is 3.60. The maximum absolute atomic E-state index is 13.6. The van der Waals surface area contributed by atoms with Crippen molar-refractivity contribution < 1.29 is 9.13 Å². The van der Waals surface area contributed by atoms with Crippen LogP contribution in [0.3, 0.4) is 0 Å². The van der Waals surface area contributed by atoms with Crippen LogP contribution in [-0.4, -0.2) is 37.7 Å². The summed E-state index contributed by atoms with van der Waals surface area (Å²) in [6.45, 7) is 2.29. The van der Waals surface area contributed by atoms with Crippen LogP contribution in [0.2, 0.25) is 0 Å². The van der Waals surface area contributed by atoms with Crippen LogP contribution in [0.25, 0.3) is 0 Å². The Hall–Kier alpha value is -0.970. The van der Waals surface area contributed by atoms with Gasteiger partial charge in [0.2, 0.25) is 0 Å². The number of ether oxygens (including phenoxy) is 1. The van der Waals surface area contributed by atoms with Crippen LogP contribution >= 0.6 is 0 Å². The molecule has 0 aromatic heterocycles. The van der Waals surface area contributed by atoms with Crippen molar-refractivity contribution in [3.8, 4) is 0 Å². The second-order valence-corrected chi connectivity index (χ2v) is 4.91. The second kappa shape index (κ2) is 6.27. The lowest BCUT2D eigenvalue weighted by Gasteiger charge is -2.32. The summed E-state index contributed by atoms with van der Waals surface area (Å²) in [6, 6.07) is 6.96. The van der Waals surface area contributed by atoms with Crippen molar-refractivity contribution in [2.75, 3.05) is 26.8 Å². The predicted molar refractivity (Wildman–Crippen MR) is 69.8 cm³/mol. The van der Waals surface area contributed by atoms with E-state index >= 15 is 0 Å². The highest BCUT2D eigenvalue weighted by Gasteiger charge is 2.21. The molecule has 0 saturated carbocycles. The Labute approximate surface area is 108 Å². The van der Waals surface area contributed by atoms with Gasteiger partial charge in [0.1, 0.15) is 5.82 Å². The Bertz CT molecular complexity index is 380. The van der Waals surface area contributed by atoms with E-state index in [1.54, 1.807) is 12.1 Å². The molecule has 1 aromatic carbocycles. The van der Waals surface area contributed by atoms with Gasteiger partial charge < -0.3 is 15.4 Å². The van der Waals surface area contributed by atoms with Gasteiger partial charge >= 0.3 is 0 Å². The summed E-state index contributed by atoms with van der Waals surface area (Å²) in [7, 11) is 2.05. The molecule has 1 unspecified atom stereocenters. The van der Waals surface area contributed by atoms with Gasteiger partial charge in [-0.1, -0.05) is 18.2 Å². The van der Waals surface area contributed by atoms with E-state index in [0.717, 1.165) is 26.1 Å². The number of nitrogens with zero attached hydrogens (tertiary/aromatic N) is 1. The number of rotatable bonds is 4. The third kappa shape index (κ3) is 3.28. The lowest BCUT2D eigenvalue weighted by molar-refractivity contribution is 0.0412. The molecule has 0 spiro atoms. The first-order valence-electron chi connectivity index (χ1n) is 6.46. The highest BCUT2D eigenvalue weighted by atomic mass is 19.1. The Kier molecular flexibility index (Phi) is 4.69. The second-order valence-electron chi connectivity index (χ2n) is 4.91. The van der Waals surface area contributed by atoms with Crippen LogP contribution in [0.4, 0.5) is 4.39 Å².